The molecule has 62 valence electrons. The summed E-state index contributed by atoms with van der Waals surface area (Å²) in [5, 5.41) is 3.53. The second-order valence-corrected chi connectivity index (χ2v) is 3.76. The summed E-state index contributed by atoms with van der Waals surface area (Å²) >= 11 is 0. The molecule has 1 aliphatic carbocycles. The number of pyridine rings is 1. The van der Waals surface area contributed by atoms with Gasteiger partial charge in [0.25, 0.3) is 0 Å². The van der Waals surface area contributed by atoms with Gasteiger partial charge in [-0.1, -0.05) is 0 Å². The fraction of sp³-hybridized carbons (Fsp3) is 0.500. The number of aromatic nitrogens is 1. The molecule has 1 aliphatic heterocycles. The van der Waals surface area contributed by atoms with Gasteiger partial charge < -0.3 is 5.32 Å². The summed E-state index contributed by atoms with van der Waals surface area (Å²) in [6, 6.07) is 2.78. The van der Waals surface area contributed by atoms with E-state index >= 15 is 0 Å². The van der Waals surface area contributed by atoms with Gasteiger partial charge in [-0.05, 0) is 42.5 Å². The molecule has 2 heterocycles. The van der Waals surface area contributed by atoms with E-state index in [9.17, 15) is 0 Å². The maximum Gasteiger partial charge on any atom is 0.0370 e. The fourth-order valence-electron chi connectivity index (χ4n) is 2.53. The molecule has 0 amide bonds. The molecule has 0 bridgehead atoms. The van der Waals surface area contributed by atoms with E-state index in [0.717, 1.165) is 5.92 Å². The van der Waals surface area contributed by atoms with E-state index in [4.69, 9.17) is 0 Å². The molecule has 1 aromatic heterocycles. The highest BCUT2D eigenvalue weighted by atomic mass is 15.0. The molecule has 3 rings (SSSR count). The van der Waals surface area contributed by atoms with Crippen LogP contribution in [0.25, 0.3) is 0 Å². The van der Waals surface area contributed by atoms with Gasteiger partial charge in [0.15, 0.2) is 0 Å². The van der Waals surface area contributed by atoms with Crippen molar-refractivity contribution in [1.82, 2.24) is 10.3 Å². The highest BCUT2D eigenvalue weighted by molar-refractivity contribution is 5.34. The van der Waals surface area contributed by atoms with Crippen LogP contribution in [0.4, 0.5) is 0 Å². The molecule has 0 saturated carbocycles. The first-order valence-corrected chi connectivity index (χ1v) is 4.61. The quantitative estimate of drug-likeness (QED) is 0.618. The second kappa shape index (κ2) is 2.30. The lowest BCUT2D eigenvalue weighted by Gasteiger charge is -2.08. The van der Waals surface area contributed by atoms with Crippen molar-refractivity contribution in [3.8, 4) is 0 Å². The molecule has 2 nitrogen and oxygen atoms in total. The molecule has 0 spiro atoms. The van der Waals surface area contributed by atoms with Gasteiger partial charge in [-0.2, -0.15) is 0 Å². The lowest BCUT2D eigenvalue weighted by Crippen LogP contribution is -2.13. The van der Waals surface area contributed by atoms with Crippen LogP contribution in [-0.2, 0) is 6.42 Å². The van der Waals surface area contributed by atoms with Gasteiger partial charge in [-0.25, -0.2) is 0 Å². The van der Waals surface area contributed by atoms with Crippen LogP contribution >= 0.6 is 0 Å². The van der Waals surface area contributed by atoms with Crippen molar-refractivity contribution in [1.29, 1.82) is 0 Å². The third-order valence-electron chi connectivity index (χ3n) is 3.11. The molecule has 1 fully saturated rings. The number of nitrogens with zero attached hydrogens (tertiary/aromatic N) is 1. The molecule has 2 aliphatic rings. The predicted octanol–water partition coefficient (Wildman–Crippen LogP) is 1.29. The van der Waals surface area contributed by atoms with E-state index in [1.54, 1.807) is 0 Å². The van der Waals surface area contributed by atoms with Crippen molar-refractivity contribution < 1.29 is 0 Å². The molecular formula is C10H12N2. The van der Waals surface area contributed by atoms with Crippen molar-refractivity contribution in [2.24, 2.45) is 5.92 Å². The lowest BCUT2D eigenvalue weighted by atomic mass is 10.0. The van der Waals surface area contributed by atoms with Gasteiger partial charge in [0.1, 0.15) is 0 Å². The van der Waals surface area contributed by atoms with Crippen LogP contribution in [0, 0.1) is 5.92 Å². The Morgan fingerprint density at radius 2 is 2.50 bits per heavy atom. The van der Waals surface area contributed by atoms with E-state index in [2.05, 4.69) is 16.4 Å². The third-order valence-corrected chi connectivity index (χ3v) is 3.11. The average Bonchev–Trinajstić information content (AvgIpc) is 2.62. The Labute approximate surface area is 72.0 Å². The highest BCUT2D eigenvalue weighted by Gasteiger charge is 2.35. The van der Waals surface area contributed by atoms with Crippen molar-refractivity contribution in [2.75, 3.05) is 6.54 Å². The minimum atomic E-state index is 0.619. The summed E-state index contributed by atoms with van der Waals surface area (Å²) in [5.41, 5.74) is 2.95. The fourth-order valence-corrected chi connectivity index (χ4v) is 2.53. The lowest BCUT2D eigenvalue weighted by molar-refractivity contribution is 0.504. The topological polar surface area (TPSA) is 24.9 Å². The van der Waals surface area contributed by atoms with Gasteiger partial charge in [0.05, 0.1) is 0 Å². The number of hydrogen-bond donors (Lipinski definition) is 1. The average molecular weight is 160 g/mol. The van der Waals surface area contributed by atoms with Gasteiger partial charge >= 0.3 is 0 Å². The maximum atomic E-state index is 4.18. The molecule has 1 aromatic rings. The zero-order valence-electron chi connectivity index (χ0n) is 6.96. The summed E-state index contributed by atoms with van der Waals surface area (Å²) in [5.74, 6) is 0.851. The first kappa shape index (κ1) is 6.61. The first-order valence-electron chi connectivity index (χ1n) is 4.61. The number of rotatable bonds is 0. The molecule has 1 saturated heterocycles. The first-order chi connectivity index (χ1) is 5.95. The SMILES string of the molecule is c1cc2c(cn1)[C@@H]1NCC[C@@H]1C2. The van der Waals surface area contributed by atoms with E-state index < -0.39 is 0 Å². The predicted molar refractivity (Wildman–Crippen MR) is 46.8 cm³/mol. The zero-order valence-corrected chi connectivity index (χ0v) is 6.96. The second-order valence-electron chi connectivity index (χ2n) is 3.76. The monoisotopic (exact) mass is 160 g/mol. The summed E-state index contributed by atoms with van der Waals surface area (Å²) in [6.45, 7) is 1.18. The summed E-state index contributed by atoms with van der Waals surface area (Å²) in [6.07, 6.45) is 6.52. The van der Waals surface area contributed by atoms with E-state index in [1.165, 1.54) is 30.5 Å². The van der Waals surface area contributed by atoms with E-state index in [0.29, 0.717) is 6.04 Å². The van der Waals surface area contributed by atoms with Gasteiger partial charge in [-0.3, -0.25) is 4.98 Å². The third kappa shape index (κ3) is 0.758. The maximum absolute atomic E-state index is 4.18. The molecule has 2 heteroatoms. The van der Waals surface area contributed by atoms with Crippen LogP contribution in [0.3, 0.4) is 0 Å². The molecule has 2 atom stereocenters. The normalized spacial score (nSPS) is 31.7. The molecule has 0 aromatic carbocycles. The molecule has 0 unspecified atom stereocenters. The molecular weight excluding hydrogens is 148 g/mol. The standard InChI is InChI=1S/C10H12N2/c1-3-11-6-9-7(1)5-8-2-4-12-10(8)9/h1,3,6,8,10,12H,2,4-5H2/t8-,10-/m1/s1. The Morgan fingerprint density at radius 1 is 1.50 bits per heavy atom. The Balaban J connectivity index is 2.09. The number of hydrogen-bond acceptors (Lipinski definition) is 2. The number of nitrogens with one attached hydrogen (secondary N) is 1. The summed E-state index contributed by atoms with van der Waals surface area (Å²) < 4.78 is 0. The molecule has 12 heavy (non-hydrogen) atoms. The largest absolute Gasteiger partial charge is 0.310 e. The minimum Gasteiger partial charge on any atom is -0.310 e. The molecule has 0 radical (unpaired) electrons. The smallest absolute Gasteiger partial charge is 0.0370 e. The van der Waals surface area contributed by atoms with Crippen LogP contribution in [-0.4, -0.2) is 11.5 Å². The van der Waals surface area contributed by atoms with Crippen molar-refractivity contribution in [3.05, 3.63) is 29.6 Å². The highest BCUT2D eigenvalue weighted by Crippen LogP contribution is 2.40. The molecule has 1 N–H and O–H groups in total. The van der Waals surface area contributed by atoms with Crippen LogP contribution in [0.5, 0.6) is 0 Å². The van der Waals surface area contributed by atoms with Crippen LogP contribution in [0.2, 0.25) is 0 Å². The summed E-state index contributed by atoms with van der Waals surface area (Å²) in [4.78, 5) is 4.18. The van der Waals surface area contributed by atoms with E-state index in [-0.39, 0.29) is 0 Å². The number of fused-ring (bicyclic) bond motifs is 3. The van der Waals surface area contributed by atoms with Gasteiger partial charge in [0.2, 0.25) is 0 Å². The van der Waals surface area contributed by atoms with Crippen LogP contribution in [0.15, 0.2) is 18.5 Å². The van der Waals surface area contributed by atoms with Gasteiger partial charge in [-0.15, -0.1) is 0 Å². The Bertz CT molecular complexity index is 308. The Hall–Kier alpha value is -0.890. The Kier molecular flexibility index (Phi) is 1.27. The van der Waals surface area contributed by atoms with Crippen LogP contribution < -0.4 is 5.32 Å². The van der Waals surface area contributed by atoms with Crippen molar-refractivity contribution in [2.45, 2.75) is 18.9 Å². The van der Waals surface area contributed by atoms with Crippen LogP contribution in [0.1, 0.15) is 23.6 Å². The van der Waals surface area contributed by atoms with E-state index in [1.807, 2.05) is 12.4 Å². The Morgan fingerprint density at radius 3 is 3.50 bits per heavy atom. The van der Waals surface area contributed by atoms with Gasteiger partial charge in [0, 0.05) is 18.4 Å². The summed E-state index contributed by atoms with van der Waals surface area (Å²) in [7, 11) is 0. The zero-order chi connectivity index (χ0) is 7.97. The minimum absolute atomic E-state index is 0.619. The van der Waals surface area contributed by atoms with Crippen molar-refractivity contribution >= 4 is 0 Å². The van der Waals surface area contributed by atoms with Crippen molar-refractivity contribution in [3.63, 3.8) is 0 Å².